The van der Waals surface area contributed by atoms with Crippen molar-refractivity contribution in [3.63, 3.8) is 0 Å². The summed E-state index contributed by atoms with van der Waals surface area (Å²) in [7, 11) is 1.34. The summed E-state index contributed by atoms with van der Waals surface area (Å²) in [6, 6.07) is 10.1. The molecular formula is C24H20ClF2NO6. The Bertz CT molecular complexity index is 1270. The van der Waals surface area contributed by atoms with E-state index in [-0.39, 0.29) is 45.4 Å². The Labute approximate surface area is 198 Å². The van der Waals surface area contributed by atoms with E-state index in [1.807, 2.05) is 0 Å². The molecule has 1 heterocycles. The van der Waals surface area contributed by atoms with Crippen molar-refractivity contribution in [3.8, 4) is 22.6 Å². The molecule has 1 N–H and O–H groups in total. The van der Waals surface area contributed by atoms with Crippen LogP contribution in [0.2, 0.25) is 5.02 Å². The Morgan fingerprint density at radius 3 is 2.29 bits per heavy atom. The molecule has 0 amide bonds. The number of hydrogen-bond acceptors (Lipinski definition) is 5. The van der Waals surface area contributed by atoms with Crippen LogP contribution in [0.4, 0.5) is 8.78 Å². The van der Waals surface area contributed by atoms with Crippen molar-refractivity contribution < 1.29 is 33.0 Å². The highest BCUT2D eigenvalue weighted by molar-refractivity contribution is 6.31. The fraction of sp³-hybridized carbons (Fsp3) is 0.208. The number of methoxy groups -OCH3 is 1. The van der Waals surface area contributed by atoms with Gasteiger partial charge < -0.3 is 19.1 Å². The van der Waals surface area contributed by atoms with Crippen LogP contribution < -0.4 is 15.0 Å². The lowest BCUT2D eigenvalue weighted by atomic mass is 10.0. The maximum atomic E-state index is 12.9. The maximum absolute atomic E-state index is 12.9. The van der Waals surface area contributed by atoms with Crippen LogP contribution in [0, 0.1) is 0 Å². The summed E-state index contributed by atoms with van der Waals surface area (Å²) in [6.45, 7) is -1.55. The largest absolute Gasteiger partial charge is 0.495 e. The van der Waals surface area contributed by atoms with Crippen LogP contribution in [0.3, 0.4) is 0 Å². The third-order valence-corrected chi connectivity index (χ3v) is 5.41. The minimum Gasteiger partial charge on any atom is -0.495 e. The second-order valence-corrected chi connectivity index (χ2v) is 7.78. The van der Waals surface area contributed by atoms with Crippen molar-refractivity contribution >= 4 is 23.4 Å². The number of carbonyl (C=O) groups is 2. The van der Waals surface area contributed by atoms with Gasteiger partial charge in [-0.05, 0) is 42.8 Å². The quantitative estimate of drug-likeness (QED) is 0.460. The third-order valence-electron chi connectivity index (χ3n) is 5.17. The van der Waals surface area contributed by atoms with Gasteiger partial charge in [-0.2, -0.15) is 8.78 Å². The van der Waals surface area contributed by atoms with Gasteiger partial charge in [0.1, 0.15) is 11.5 Å². The second-order valence-electron chi connectivity index (χ2n) is 7.34. The highest BCUT2D eigenvalue weighted by atomic mass is 35.5. The van der Waals surface area contributed by atoms with Crippen molar-refractivity contribution in [2.24, 2.45) is 0 Å². The van der Waals surface area contributed by atoms with Gasteiger partial charge in [0, 0.05) is 28.6 Å². The number of Topliss-reactive ketones (excluding diaryl/α,β-unsaturated/α-hetero) is 1. The summed E-state index contributed by atoms with van der Waals surface area (Å²) in [4.78, 5) is 36.7. The first kappa shape index (κ1) is 24.9. The molecule has 178 valence electrons. The standard InChI is InChI=1S/C24H20ClF2NO6/c1-13(19(29)9-14-3-5-15(6-4-14)23(31)32)28-12-21(33-2)18(11-22(28)30)17-10-16(25)7-8-20(17)34-24(26)27/h3-8,10-13,24H,9H2,1-2H3,(H,31,32). The number of ether oxygens (including phenoxy) is 2. The summed E-state index contributed by atoms with van der Waals surface area (Å²) >= 11 is 6.02. The number of rotatable bonds is 9. The van der Waals surface area contributed by atoms with Gasteiger partial charge in [0.05, 0.1) is 24.9 Å². The van der Waals surface area contributed by atoms with Crippen molar-refractivity contribution in [2.75, 3.05) is 7.11 Å². The van der Waals surface area contributed by atoms with E-state index in [2.05, 4.69) is 4.74 Å². The highest BCUT2D eigenvalue weighted by Crippen LogP contribution is 2.38. The summed E-state index contributed by atoms with van der Waals surface area (Å²) in [5.41, 5.74) is 0.418. The molecule has 34 heavy (non-hydrogen) atoms. The molecule has 3 rings (SSSR count). The molecule has 0 fully saturated rings. The molecule has 0 aliphatic rings. The van der Waals surface area contributed by atoms with E-state index in [0.29, 0.717) is 5.56 Å². The summed E-state index contributed by atoms with van der Waals surface area (Å²) in [5, 5.41) is 9.22. The van der Waals surface area contributed by atoms with Crippen LogP contribution in [-0.4, -0.2) is 35.1 Å². The van der Waals surface area contributed by atoms with Crippen molar-refractivity contribution in [1.29, 1.82) is 0 Å². The molecular weight excluding hydrogens is 472 g/mol. The monoisotopic (exact) mass is 491 g/mol. The summed E-state index contributed by atoms with van der Waals surface area (Å²) in [5.74, 6) is -1.42. The molecule has 2 aromatic carbocycles. The number of hydrogen-bond donors (Lipinski definition) is 1. The lowest BCUT2D eigenvalue weighted by Crippen LogP contribution is -2.28. The van der Waals surface area contributed by atoms with Gasteiger partial charge in [-0.25, -0.2) is 4.79 Å². The molecule has 0 aliphatic carbocycles. The normalized spacial score (nSPS) is 11.8. The van der Waals surface area contributed by atoms with Gasteiger partial charge in [0.25, 0.3) is 5.56 Å². The van der Waals surface area contributed by atoms with Crippen LogP contribution >= 0.6 is 11.6 Å². The van der Waals surface area contributed by atoms with Crippen LogP contribution in [0.25, 0.3) is 11.1 Å². The molecule has 3 aromatic rings. The topological polar surface area (TPSA) is 94.8 Å². The fourth-order valence-electron chi connectivity index (χ4n) is 3.39. The zero-order valence-corrected chi connectivity index (χ0v) is 18.9. The molecule has 1 aromatic heterocycles. The van der Waals surface area contributed by atoms with Crippen LogP contribution in [0.15, 0.2) is 59.5 Å². The van der Waals surface area contributed by atoms with Gasteiger partial charge in [0.2, 0.25) is 0 Å². The average Bonchev–Trinajstić information content (AvgIpc) is 2.79. The van der Waals surface area contributed by atoms with E-state index in [4.69, 9.17) is 21.4 Å². The lowest BCUT2D eigenvalue weighted by Gasteiger charge is -2.18. The van der Waals surface area contributed by atoms with Gasteiger partial charge in [-0.1, -0.05) is 23.7 Å². The number of halogens is 3. The second kappa shape index (κ2) is 10.5. The van der Waals surface area contributed by atoms with Gasteiger partial charge in [-0.3, -0.25) is 9.59 Å². The number of alkyl halides is 2. The van der Waals surface area contributed by atoms with Gasteiger partial charge in [-0.15, -0.1) is 0 Å². The van der Waals surface area contributed by atoms with Crippen LogP contribution in [0.5, 0.6) is 11.5 Å². The Hall–Kier alpha value is -3.72. The van der Waals surface area contributed by atoms with E-state index in [9.17, 15) is 23.2 Å². The van der Waals surface area contributed by atoms with Crippen molar-refractivity contribution in [3.05, 3.63) is 81.2 Å². The fourth-order valence-corrected chi connectivity index (χ4v) is 3.56. The predicted octanol–water partition coefficient (Wildman–Crippen LogP) is 4.85. The van der Waals surface area contributed by atoms with Gasteiger partial charge in [0.15, 0.2) is 5.78 Å². The Kier molecular flexibility index (Phi) is 7.68. The molecule has 0 aliphatic heterocycles. The summed E-state index contributed by atoms with van der Waals surface area (Å²) in [6.07, 6.45) is 1.29. The molecule has 7 nitrogen and oxygen atoms in total. The molecule has 0 bridgehead atoms. The first-order chi connectivity index (χ1) is 16.1. The molecule has 0 saturated carbocycles. The van der Waals surface area contributed by atoms with E-state index < -0.39 is 24.2 Å². The van der Waals surface area contributed by atoms with Crippen LogP contribution in [0.1, 0.15) is 28.9 Å². The Morgan fingerprint density at radius 2 is 1.71 bits per heavy atom. The maximum Gasteiger partial charge on any atom is 0.387 e. The molecule has 0 spiro atoms. The molecule has 1 unspecified atom stereocenters. The number of aromatic carboxylic acids is 1. The molecule has 0 radical (unpaired) electrons. The third kappa shape index (κ3) is 5.60. The van der Waals surface area contributed by atoms with E-state index >= 15 is 0 Å². The molecule has 10 heteroatoms. The number of ketones is 1. The minimum atomic E-state index is -3.09. The van der Waals surface area contributed by atoms with Crippen molar-refractivity contribution in [1.82, 2.24) is 4.57 Å². The number of carboxylic acid groups (broad SMARTS) is 1. The number of carboxylic acids is 1. The first-order valence-corrected chi connectivity index (χ1v) is 10.4. The lowest BCUT2D eigenvalue weighted by molar-refractivity contribution is -0.121. The highest BCUT2D eigenvalue weighted by Gasteiger charge is 2.21. The van der Waals surface area contributed by atoms with Crippen LogP contribution in [-0.2, 0) is 11.2 Å². The first-order valence-electron chi connectivity index (χ1n) is 10.0. The van der Waals surface area contributed by atoms with E-state index in [1.54, 1.807) is 6.92 Å². The Morgan fingerprint density at radius 1 is 1.06 bits per heavy atom. The Balaban J connectivity index is 1.94. The van der Waals surface area contributed by atoms with E-state index in [0.717, 1.165) is 6.07 Å². The van der Waals surface area contributed by atoms with Gasteiger partial charge >= 0.3 is 12.6 Å². The number of aromatic nitrogens is 1. The number of nitrogens with zero attached hydrogens (tertiary/aromatic N) is 1. The number of benzene rings is 2. The number of carbonyl (C=O) groups excluding carboxylic acids is 1. The smallest absolute Gasteiger partial charge is 0.387 e. The zero-order valence-electron chi connectivity index (χ0n) is 18.1. The number of pyridine rings is 1. The average molecular weight is 492 g/mol. The molecule has 1 atom stereocenters. The van der Waals surface area contributed by atoms with Crippen molar-refractivity contribution in [2.45, 2.75) is 26.0 Å². The van der Waals surface area contributed by atoms with E-state index in [1.165, 1.54) is 60.3 Å². The predicted molar refractivity (Wildman–Crippen MR) is 121 cm³/mol. The molecule has 0 saturated heterocycles. The SMILES string of the molecule is COc1cn(C(C)C(=O)Cc2ccc(C(=O)O)cc2)c(=O)cc1-c1cc(Cl)ccc1OC(F)F. The summed E-state index contributed by atoms with van der Waals surface area (Å²) < 4.78 is 36.8. The zero-order chi connectivity index (χ0) is 25.0. The minimum absolute atomic E-state index is 0.0295.